The lowest BCUT2D eigenvalue weighted by molar-refractivity contribution is -0.129. The minimum absolute atomic E-state index is 0.0795. The maximum absolute atomic E-state index is 12.3. The predicted molar refractivity (Wildman–Crippen MR) is 81.7 cm³/mol. The van der Waals surface area contributed by atoms with Crippen LogP contribution in [0.25, 0.3) is 0 Å². The molecule has 21 heavy (non-hydrogen) atoms. The van der Waals surface area contributed by atoms with Crippen molar-refractivity contribution in [2.24, 2.45) is 5.92 Å². The van der Waals surface area contributed by atoms with Crippen LogP contribution in [0.4, 0.5) is 4.79 Å². The maximum Gasteiger partial charge on any atom is 0.324 e. The van der Waals surface area contributed by atoms with E-state index in [4.69, 9.17) is 0 Å². The zero-order valence-electron chi connectivity index (χ0n) is 12.8. The number of carbonyl (C=O) groups excluding carboxylic acids is 2. The van der Waals surface area contributed by atoms with Crippen LogP contribution in [0.1, 0.15) is 32.4 Å². The topological polar surface area (TPSA) is 61.4 Å². The Balaban J connectivity index is 2.06. The molecule has 1 aliphatic heterocycles. The quantitative estimate of drug-likeness (QED) is 0.870. The standard InChI is InChI=1S/C16H23N3O2/c1-11(2)14(13-7-5-4-6-8-13)18-12(3)15(20)19-10-9-17-16(19)21/h4-8,11-12,14,18H,9-10H2,1-3H3,(H,17,21)/t12-,14-/m1/s1. The van der Waals surface area contributed by atoms with Gasteiger partial charge < -0.3 is 5.32 Å². The Labute approximate surface area is 125 Å². The van der Waals surface area contributed by atoms with Gasteiger partial charge in [0, 0.05) is 19.1 Å². The van der Waals surface area contributed by atoms with E-state index in [9.17, 15) is 9.59 Å². The third kappa shape index (κ3) is 3.61. The number of urea groups is 1. The molecule has 1 aliphatic rings. The lowest BCUT2D eigenvalue weighted by atomic mass is 9.95. The number of amides is 3. The van der Waals surface area contributed by atoms with Crippen LogP contribution < -0.4 is 10.6 Å². The maximum atomic E-state index is 12.3. The van der Waals surface area contributed by atoms with Crippen LogP contribution in [-0.2, 0) is 4.79 Å². The fraction of sp³-hybridized carbons (Fsp3) is 0.500. The van der Waals surface area contributed by atoms with Gasteiger partial charge in [0.1, 0.15) is 0 Å². The molecule has 0 bridgehead atoms. The van der Waals surface area contributed by atoms with Gasteiger partial charge in [0.2, 0.25) is 5.91 Å². The van der Waals surface area contributed by atoms with Crippen molar-refractivity contribution in [3.05, 3.63) is 35.9 Å². The average Bonchev–Trinajstić information content (AvgIpc) is 2.90. The normalized spacial score (nSPS) is 17.7. The van der Waals surface area contributed by atoms with Crippen LogP contribution >= 0.6 is 0 Å². The van der Waals surface area contributed by atoms with E-state index in [0.29, 0.717) is 19.0 Å². The van der Waals surface area contributed by atoms with Crippen molar-refractivity contribution in [1.82, 2.24) is 15.5 Å². The first-order chi connectivity index (χ1) is 10.0. The van der Waals surface area contributed by atoms with Crippen molar-refractivity contribution in [2.75, 3.05) is 13.1 Å². The first kappa shape index (κ1) is 15.5. The second-order valence-corrected chi connectivity index (χ2v) is 5.74. The number of nitrogens with zero attached hydrogens (tertiary/aromatic N) is 1. The smallest absolute Gasteiger partial charge is 0.324 e. The van der Waals surface area contributed by atoms with Gasteiger partial charge in [-0.3, -0.25) is 15.0 Å². The predicted octanol–water partition coefficient (Wildman–Crippen LogP) is 1.91. The van der Waals surface area contributed by atoms with E-state index in [1.54, 1.807) is 0 Å². The van der Waals surface area contributed by atoms with Gasteiger partial charge in [-0.1, -0.05) is 44.2 Å². The molecule has 1 fully saturated rings. The molecule has 2 rings (SSSR count). The average molecular weight is 289 g/mol. The fourth-order valence-corrected chi connectivity index (χ4v) is 2.59. The highest BCUT2D eigenvalue weighted by Crippen LogP contribution is 2.22. The molecule has 2 N–H and O–H groups in total. The highest BCUT2D eigenvalue weighted by atomic mass is 16.2. The van der Waals surface area contributed by atoms with Crippen LogP contribution in [0.15, 0.2) is 30.3 Å². The molecule has 0 spiro atoms. The summed E-state index contributed by atoms with van der Waals surface area (Å²) in [4.78, 5) is 25.2. The SMILES string of the molecule is CC(C)[C@@H](N[C@H](C)C(=O)N1CCNC1=O)c1ccccc1. The molecule has 0 aliphatic carbocycles. The van der Waals surface area contributed by atoms with Crippen LogP contribution in [0.3, 0.4) is 0 Å². The molecule has 114 valence electrons. The van der Waals surface area contributed by atoms with Crippen molar-refractivity contribution < 1.29 is 9.59 Å². The van der Waals surface area contributed by atoms with Crippen LogP contribution in [0, 0.1) is 5.92 Å². The number of hydrogen-bond acceptors (Lipinski definition) is 3. The van der Waals surface area contributed by atoms with Gasteiger partial charge >= 0.3 is 6.03 Å². The number of benzene rings is 1. The van der Waals surface area contributed by atoms with Gasteiger partial charge in [-0.2, -0.15) is 0 Å². The largest absolute Gasteiger partial charge is 0.336 e. The van der Waals surface area contributed by atoms with E-state index < -0.39 is 6.04 Å². The first-order valence-corrected chi connectivity index (χ1v) is 7.41. The Morgan fingerprint density at radius 3 is 2.43 bits per heavy atom. The van der Waals surface area contributed by atoms with E-state index in [-0.39, 0.29) is 18.0 Å². The van der Waals surface area contributed by atoms with Gasteiger partial charge in [0.05, 0.1) is 6.04 Å². The molecule has 1 heterocycles. The van der Waals surface area contributed by atoms with Gasteiger partial charge in [0.15, 0.2) is 0 Å². The Kier molecular flexibility index (Phi) is 4.96. The second kappa shape index (κ2) is 6.72. The molecule has 1 aromatic carbocycles. The lowest BCUT2D eigenvalue weighted by Gasteiger charge is -2.28. The number of rotatable bonds is 5. The molecular weight excluding hydrogens is 266 g/mol. The van der Waals surface area contributed by atoms with Gasteiger partial charge in [-0.05, 0) is 18.4 Å². The zero-order chi connectivity index (χ0) is 15.4. The van der Waals surface area contributed by atoms with E-state index in [1.807, 2.05) is 25.1 Å². The number of imide groups is 1. The summed E-state index contributed by atoms with van der Waals surface area (Å²) < 4.78 is 0. The minimum Gasteiger partial charge on any atom is -0.336 e. The van der Waals surface area contributed by atoms with Crippen molar-refractivity contribution in [3.8, 4) is 0 Å². The van der Waals surface area contributed by atoms with Gasteiger partial charge in [0.25, 0.3) is 0 Å². The van der Waals surface area contributed by atoms with Crippen LogP contribution in [0.2, 0.25) is 0 Å². The van der Waals surface area contributed by atoms with E-state index in [1.165, 1.54) is 4.90 Å². The number of hydrogen-bond donors (Lipinski definition) is 2. The highest BCUT2D eigenvalue weighted by molar-refractivity contribution is 5.98. The summed E-state index contributed by atoms with van der Waals surface area (Å²) in [5, 5.41) is 6.01. The summed E-state index contributed by atoms with van der Waals surface area (Å²) in [6, 6.07) is 9.45. The number of carbonyl (C=O) groups is 2. The fourth-order valence-electron chi connectivity index (χ4n) is 2.59. The molecule has 3 amide bonds. The Hall–Kier alpha value is -1.88. The van der Waals surface area contributed by atoms with Crippen LogP contribution in [0.5, 0.6) is 0 Å². The summed E-state index contributed by atoms with van der Waals surface area (Å²) in [6.07, 6.45) is 0. The zero-order valence-corrected chi connectivity index (χ0v) is 12.8. The first-order valence-electron chi connectivity index (χ1n) is 7.41. The summed E-state index contributed by atoms with van der Waals surface area (Å²) in [7, 11) is 0. The molecule has 2 atom stereocenters. The molecule has 1 aromatic rings. The molecule has 5 heteroatoms. The number of nitrogens with one attached hydrogen (secondary N) is 2. The lowest BCUT2D eigenvalue weighted by Crippen LogP contribution is -2.47. The third-order valence-electron chi connectivity index (χ3n) is 3.75. The summed E-state index contributed by atoms with van der Waals surface area (Å²) >= 11 is 0. The van der Waals surface area contributed by atoms with Crippen molar-refractivity contribution in [3.63, 3.8) is 0 Å². The van der Waals surface area contributed by atoms with E-state index >= 15 is 0 Å². The second-order valence-electron chi connectivity index (χ2n) is 5.74. The molecular formula is C16H23N3O2. The van der Waals surface area contributed by atoms with E-state index in [2.05, 4.69) is 36.6 Å². The molecule has 1 saturated heterocycles. The van der Waals surface area contributed by atoms with E-state index in [0.717, 1.165) is 5.56 Å². The molecule has 5 nitrogen and oxygen atoms in total. The van der Waals surface area contributed by atoms with Crippen molar-refractivity contribution in [2.45, 2.75) is 32.9 Å². The third-order valence-corrected chi connectivity index (χ3v) is 3.75. The molecule has 0 saturated carbocycles. The van der Waals surface area contributed by atoms with Crippen molar-refractivity contribution in [1.29, 1.82) is 0 Å². The summed E-state index contributed by atoms with van der Waals surface area (Å²) in [6.45, 7) is 7.02. The Bertz CT molecular complexity index is 502. The Morgan fingerprint density at radius 1 is 1.24 bits per heavy atom. The summed E-state index contributed by atoms with van der Waals surface area (Å²) in [5.74, 6) is 0.168. The molecule has 0 unspecified atom stereocenters. The summed E-state index contributed by atoms with van der Waals surface area (Å²) in [5.41, 5.74) is 1.15. The monoisotopic (exact) mass is 289 g/mol. The molecule has 0 aromatic heterocycles. The van der Waals surface area contributed by atoms with Gasteiger partial charge in [-0.25, -0.2) is 4.79 Å². The van der Waals surface area contributed by atoms with Gasteiger partial charge in [-0.15, -0.1) is 0 Å². The highest BCUT2D eigenvalue weighted by Gasteiger charge is 2.31. The molecule has 0 radical (unpaired) electrons. The Morgan fingerprint density at radius 2 is 1.90 bits per heavy atom. The van der Waals surface area contributed by atoms with Crippen LogP contribution in [-0.4, -0.2) is 36.0 Å². The minimum atomic E-state index is -0.401. The van der Waals surface area contributed by atoms with Crippen molar-refractivity contribution >= 4 is 11.9 Å².